The van der Waals surface area contributed by atoms with Gasteiger partial charge in [-0.25, -0.2) is 0 Å². The Morgan fingerprint density at radius 2 is 1.78 bits per heavy atom. The minimum atomic E-state index is 0.669. The summed E-state index contributed by atoms with van der Waals surface area (Å²) in [7, 11) is 0. The predicted octanol–water partition coefficient (Wildman–Crippen LogP) is 4.37. The molecule has 0 aromatic rings. The van der Waals surface area contributed by atoms with Crippen LogP contribution in [0.1, 0.15) is 72.1 Å². The van der Waals surface area contributed by atoms with Gasteiger partial charge in [-0.15, -0.1) is 0 Å². The lowest BCUT2D eigenvalue weighted by Crippen LogP contribution is -2.58. The molecule has 4 bridgehead atoms. The van der Waals surface area contributed by atoms with Crippen molar-refractivity contribution in [1.82, 2.24) is 5.32 Å². The van der Waals surface area contributed by atoms with Crippen molar-refractivity contribution in [3.63, 3.8) is 0 Å². The van der Waals surface area contributed by atoms with Gasteiger partial charge in [0, 0.05) is 6.04 Å². The van der Waals surface area contributed by atoms with Crippen molar-refractivity contribution >= 4 is 0 Å². The van der Waals surface area contributed by atoms with E-state index in [0.29, 0.717) is 10.8 Å². The summed E-state index contributed by atoms with van der Waals surface area (Å²) in [5.74, 6) is 2.13. The maximum Gasteiger partial charge on any atom is 0.0121 e. The summed E-state index contributed by atoms with van der Waals surface area (Å²) in [4.78, 5) is 0. The second-order valence-electron chi connectivity index (χ2n) is 8.05. The molecular weight excluding hydrogens is 218 g/mol. The van der Waals surface area contributed by atoms with E-state index >= 15 is 0 Å². The van der Waals surface area contributed by atoms with Crippen molar-refractivity contribution in [3.05, 3.63) is 0 Å². The van der Waals surface area contributed by atoms with Gasteiger partial charge in [0.15, 0.2) is 0 Å². The molecule has 1 N–H and O–H groups in total. The minimum absolute atomic E-state index is 0.669. The Hall–Kier alpha value is -0.0400. The van der Waals surface area contributed by atoms with Crippen LogP contribution in [0.25, 0.3) is 0 Å². The molecule has 0 aromatic carbocycles. The third-order valence-corrected chi connectivity index (χ3v) is 6.19. The standard InChI is InChI=1S/C17H31N/c1-4-6-18-15(5-2)17-10-13-7-14(11-17)9-16(3,8-13)12-17/h13-15,18H,4-12H2,1-3H3. The summed E-state index contributed by atoms with van der Waals surface area (Å²) in [6.07, 6.45) is 11.8. The first-order valence-corrected chi connectivity index (χ1v) is 8.32. The smallest absolute Gasteiger partial charge is 0.0121 e. The highest BCUT2D eigenvalue weighted by molar-refractivity contribution is 5.09. The van der Waals surface area contributed by atoms with Crippen LogP contribution in [0, 0.1) is 22.7 Å². The fourth-order valence-corrected chi connectivity index (χ4v) is 6.32. The SMILES string of the molecule is CCCNC(CC)C12CC3CC(CC(C)(C3)C1)C2. The molecule has 104 valence electrons. The van der Waals surface area contributed by atoms with Crippen LogP contribution >= 0.6 is 0 Å². The van der Waals surface area contributed by atoms with E-state index in [9.17, 15) is 0 Å². The molecule has 3 unspecified atom stereocenters. The lowest BCUT2D eigenvalue weighted by Gasteiger charge is -2.63. The van der Waals surface area contributed by atoms with Crippen LogP contribution in [-0.4, -0.2) is 12.6 Å². The van der Waals surface area contributed by atoms with Crippen LogP contribution in [-0.2, 0) is 0 Å². The number of nitrogens with one attached hydrogen (secondary N) is 1. The van der Waals surface area contributed by atoms with Crippen LogP contribution in [0.5, 0.6) is 0 Å². The molecule has 0 heterocycles. The fourth-order valence-electron chi connectivity index (χ4n) is 6.32. The molecule has 0 aromatic heterocycles. The molecule has 0 saturated heterocycles. The third-order valence-electron chi connectivity index (χ3n) is 6.19. The zero-order chi connectivity index (χ0) is 12.8. The normalized spacial score (nSPS) is 47.5. The summed E-state index contributed by atoms with van der Waals surface area (Å²) >= 11 is 0. The van der Waals surface area contributed by atoms with Gasteiger partial charge in [-0.3, -0.25) is 0 Å². The van der Waals surface area contributed by atoms with Crippen molar-refractivity contribution in [2.45, 2.75) is 78.2 Å². The zero-order valence-electron chi connectivity index (χ0n) is 12.6. The van der Waals surface area contributed by atoms with Crippen molar-refractivity contribution in [2.24, 2.45) is 22.7 Å². The van der Waals surface area contributed by atoms with Gasteiger partial charge in [-0.2, -0.15) is 0 Å². The lowest BCUT2D eigenvalue weighted by molar-refractivity contribution is -0.118. The molecule has 18 heavy (non-hydrogen) atoms. The van der Waals surface area contributed by atoms with Crippen LogP contribution in [0.2, 0.25) is 0 Å². The average molecular weight is 249 g/mol. The lowest BCUT2D eigenvalue weighted by atomic mass is 9.43. The quantitative estimate of drug-likeness (QED) is 0.763. The van der Waals surface area contributed by atoms with E-state index in [1.807, 2.05) is 0 Å². The van der Waals surface area contributed by atoms with Crippen LogP contribution in [0.3, 0.4) is 0 Å². The predicted molar refractivity (Wildman–Crippen MR) is 77.6 cm³/mol. The van der Waals surface area contributed by atoms with Crippen LogP contribution in [0.4, 0.5) is 0 Å². The van der Waals surface area contributed by atoms with Crippen LogP contribution < -0.4 is 5.32 Å². The Labute approximate surface area is 113 Å². The maximum atomic E-state index is 3.89. The Morgan fingerprint density at radius 3 is 2.28 bits per heavy atom. The van der Waals surface area contributed by atoms with Crippen molar-refractivity contribution < 1.29 is 0 Å². The van der Waals surface area contributed by atoms with Gasteiger partial charge in [0.05, 0.1) is 0 Å². The molecule has 0 radical (unpaired) electrons. The molecule has 0 spiro atoms. The largest absolute Gasteiger partial charge is 0.313 e. The highest BCUT2D eigenvalue weighted by Crippen LogP contribution is 2.66. The molecule has 4 rings (SSSR count). The molecule has 4 saturated carbocycles. The number of hydrogen-bond donors (Lipinski definition) is 1. The van der Waals surface area contributed by atoms with Crippen molar-refractivity contribution in [3.8, 4) is 0 Å². The topological polar surface area (TPSA) is 12.0 Å². The van der Waals surface area contributed by atoms with E-state index in [4.69, 9.17) is 0 Å². The number of rotatable bonds is 5. The summed E-state index contributed by atoms with van der Waals surface area (Å²) < 4.78 is 0. The Kier molecular flexibility index (Phi) is 3.25. The van der Waals surface area contributed by atoms with Gasteiger partial charge in [0.2, 0.25) is 0 Å². The monoisotopic (exact) mass is 249 g/mol. The molecule has 4 fully saturated rings. The summed E-state index contributed by atoms with van der Waals surface area (Å²) in [6.45, 7) is 8.49. The first kappa shape index (κ1) is 13.0. The van der Waals surface area contributed by atoms with Crippen LogP contribution in [0.15, 0.2) is 0 Å². The van der Waals surface area contributed by atoms with Gasteiger partial charge < -0.3 is 5.32 Å². The average Bonchev–Trinajstić information content (AvgIpc) is 2.26. The Morgan fingerprint density at radius 1 is 1.11 bits per heavy atom. The van der Waals surface area contributed by atoms with E-state index < -0.39 is 0 Å². The summed E-state index contributed by atoms with van der Waals surface area (Å²) in [5.41, 5.74) is 1.37. The first-order chi connectivity index (χ1) is 8.59. The van der Waals surface area contributed by atoms with E-state index in [1.165, 1.54) is 51.5 Å². The van der Waals surface area contributed by atoms with E-state index in [0.717, 1.165) is 17.9 Å². The van der Waals surface area contributed by atoms with E-state index in [-0.39, 0.29) is 0 Å². The molecular formula is C17H31N. The number of hydrogen-bond acceptors (Lipinski definition) is 1. The highest BCUT2D eigenvalue weighted by Gasteiger charge is 2.57. The van der Waals surface area contributed by atoms with Crippen molar-refractivity contribution in [1.29, 1.82) is 0 Å². The summed E-state index contributed by atoms with van der Waals surface area (Å²) in [5, 5.41) is 3.89. The Balaban J connectivity index is 1.81. The molecule has 1 heteroatoms. The molecule has 3 atom stereocenters. The minimum Gasteiger partial charge on any atom is -0.313 e. The molecule has 1 nitrogen and oxygen atoms in total. The van der Waals surface area contributed by atoms with E-state index in [2.05, 4.69) is 26.1 Å². The summed E-state index contributed by atoms with van der Waals surface area (Å²) in [6, 6.07) is 0.794. The molecule has 4 aliphatic carbocycles. The van der Waals surface area contributed by atoms with E-state index in [1.54, 1.807) is 6.42 Å². The second kappa shape index (κ2) is 4.51. The molecule has 4 aliphatic rings. The molecule has 0 aliphatic heterocycles. The third kappa shape index (κ3) is 2.03. The molecule has 0 amide bonds. The second-order valence-corrected chi connectivity index (χ2v) is 8.05. The zero-order valence-corrected chi connectivity index (χ0v) is 12.6. The van der Waals surface area contributed by atoms with Gasteiger partial charge in [-0.05, 0) is 80.6 Å². The van der Waals surface area contributed by atoms with Crippen molar-refractivity contribution in [2.75, 3.05) is 6.54 Å². The van der Waals surface area contributed by atoms with Gasteiger partial charge in [-0.1, -0.05) is 20.8 Å². The van der Waals surface area contributed by atoms with Gasteiger partial charge in [0.25, 0.3) is 0 Å². The highest BCUT2D eigenvalue weighted by atomic mass is 14.9. The first-order valence-electron chi connectivity index (χ1n) is 8.32. The Bertz CT molecular complexity index is 295. The fraction of sp³-hybridized carbons (Fsp3) is 1.00. The van der Waals surface area contributed by atoms with Gasteiger partial charge in [0.1, 0.15) is 0 Å². The van der Waals surface area contributed by atoms with Gasteiger partial charge >= 0.3 is 0 Å². The maximum absolute atomic E-state index is 3.89.